The summed E-state index contributed by atoms with van der Waals surface area (Å²) in [5, 5.41) is 13.0. The Morgan fingerprint density at radius 2 is 1.61 bits per heavy atom. The second-order valence-electron chi connectivity index (χ2n) is 12.3. The molecule has 49 heavy (non-hydrogen) atoms. The smallest absolute Gasteiger partial charge is 0.408 e. The van der Waals surface area contributed by atoms with Crippen LogP contribution in [0.5, 0.6) is 0 Å². The molecule has 3 rings (SSSR count). The number of sulfone groups is 1. The van der Waals surface area contributed by atoms with Crippen LogP contribution in [0.15, 0.2) is 67.0 Å². The van der Waals surface area contributed by atoms with E-state index in [0.717, 1.165) is 30.2 Å². The number of carbonyl (C=O) groups excluding carboxylic acids is 2. The monoisotopic (exact) mass is 702 g/mol. The first kappa shape index (κ1) is 39.5. The van der Waals surface area contributed by atoms with Crippen LogP contribution in [0.2, 0.25) is 0 Å². The minimum atomic E-state index is -3.90. The molecule has 0 aliphatic rings. The van der Waals surface area contributed by atoms with Crippen LogP contribution in [0.25, 0.3) is 0 Å². The lowest BCUT2D eigenvalue weighted by Crippen LogP contribution is -2.55. The van der Waals surface area contributed by atoms with E-state index in [1.807, 2.05) is 39.0 Å². The van der Waals surface area contributed by atoms with Gasteiger partial charge in [0.15, 0.2) is 9.84 Å². The van der Waals surface area contributed by atoms with Crippen molar-refractivity contribution < 1.29 is 36.6 Å². The van der Waals surface area contributed by atoms with E-state index in [4.69, 9.17) is 10.5 Å². The van der Waals surface area contributed by atoms with Crippen molar-refractivity contribution in [1.82, 2.24) is 15.2 Å². The summed E-state index contributed by atoms with van der Waals surface area (Å²) < 4.78 is 60.5. The molecule has 0 aliphatic carbocycles. The number of ether oxygens (including phenoxy) is 1. The van der Waals surface area contributed by atoms with Gasteiger partial charge in [0, 0.05) is 43.2 Å². The van der Waals surface area contributed by atoms with Gasteiger partial charge in [-0.15, -0.1) is 0 Å². The van der Waals surface area contributed by atoms with E-state index in [1.165, 1.54) is 11.1 Å². The summed E-state index contributed by atoms with van der Waals surface area (Å²) in [6.45, 7) is 5.17. The third-order valence-corrected chi connectivity index (χ3v) is 10.5. The first-order chi connectivity index (χ1) is 23.3. The standard InChI is InChI=1S/C36H48F2N4O6S/c1-4-9-31(10-5-2)49(46,47)24-33(41-36(45)48-23-27-13-8-14-40-20-27)35(44)42(21-26-12-7-11-25(6-3)15-26)22-34(43)32(39)18-28-16-29(37)19-30(38)17-28/h7-8,11-17,19-20,31-34,43H,4-6,9-10,18,21-24,39H2,1-3H3,(H,41,45)/t32-,33+,34+/m0/s1. The van der Waals surface area contributed by atoms with Crippen molar-refractivity contribution in [2.75, 3.05) is 12.3 Å². The molecule has 1 heterocycles. The summed E-state index contributed by atoms with van der Waals surface area (Å²) in [6.07, 6.45) is 3.32. The first-order valence-corrected chi connectivity index (χ1v) is 18.4. The van der Waals surface area contributed by atoms with Gasteiger partial charge in [0.05, 0.1) is 17.1 Å². The van der Waals surface area contributed by atoms with Crippen molar-refractivity contribution in [3.63, 3.8) is 0 Å². The molecule has 0 radical (unpaired) electrons. The fourth-order valence-corrected chi connectivity index (χ4v) is 7.78. The first-order valence-electron chi connectivity index (χ1n) is 16.6. The number of halogens is 2. The molecular weight excluding hydrogens is 654 g/mol. The zero-order chi connectivity index (χ0) is 36.0. The summed E-state index contributed by atoms with van der Waals surface area (Å²) in [5.41, 5.74) is 8.78. The van der Waals surface area contributed by atoms with Crippen LogP contribution in [-0.4, -0.2) is 71.1 Å². The van der Waals surface area contributed by atoms with Crippen molar-refractivity contribution in [3.05, 3.63) is 101 Å². The highest BCUT2D eigenvalue weighted by molar-refractivity contribution is 7.92. The number of pyridine rings is 1. The molecule has 0 bridgehead atoms. The van der Waals surface area contributed by atoms with Crippen molar-refractivity contribution in [2.24, 2.45) is 5.73 Å². The minimum absolute atomic E-state index is 0.0403. The molecule has 3 atom stereocenters. The number of hydrogen-bond acceptors (Lipinski definition) is 8. The maximum atomic E-state index is 14.4. The number of benzene rings is 2. The Bertz CT molecular complexity index is 1590. The van der Waals surface area contributed by atoms with Gasteiger partial charge in [-0.2, -0.15) is 0 Å². The molecule has 0 saturated carbocycles. The van der Waals surface area contributed by atoms with Crippen LogP contribution in [0, 0.1) is 11.6 Å². The number of aliphatic hydroxyl groups excluding tert-OH is 1. The Morgan fingerprint density at radius 3 is 2.22 bits per heavy atom. The summed E-state index contributed by atoms with van der Waals surface area (Å²) in [4.78, 5) is 32.6. The Labute approximate surface area is 288 Å². The number of alkyl carbamates (subject to hydrolysis) is 1. The van der Waals surface area contributed by atoms with E-state index in [-0.39, 0.29) is 31.7 Å². The molecule has 13 heteroatoms. The molecule has 2 aromatic carbocycles. The van der Waals surface area contributed by atoms with Gasteiger partial charge in [0.1, 0.15) is 24.3 Å². The molecule has 10 nitrogen and oxygen atoms in total. The van der Waals surface area contributed by atoms with Gasteiger partial charge in [-0.1, -0.05) is 63.9 Å². The summed E-state index contributed by atoms with van der Waals surface area (Å²) >= 11 is 0. The molecule has 3 aromatic rings. The van der Waals surface area contributed by atoms with Crippen LogP contribution in [0.3, 0.4) is 0 Å². The van der Waals surface area contributed by atoms with Crippen LogP contribution < -0.4 is 11.1 Å². The maximum Gasteiger partial charge on any atom is 0.408 e. The van der Waals surface area contributed by atoms with E-state index in [9.17, 15) is 31.9 Å². The second kappa shape index (κ2) is 19.3. The second-order valence-corrected chi connectivity index (χ2v) is 14.6. The van der Waals surface area contributed by atoms with Gasteiger partial charge in [-0.05, 0) is 60.6 Å². The molecule has 0 unspecified atom stereocenters. The third-order valence-electron chi connectivity index (χ3n) is 8.19. The van der Waals surface area contributed by atoms with Crippen molar-refractivity contribution in [2.45, 2.75) is 95.9 Å². The highest BCUT2D eigenvalue weighted by Crippen LogP contribution is 2.19. The molecule has 2 amide bonds. The average molecular weight is 703 g/mol. The zero-order valence-electron chi connectivity index (χ0n) is 28.4. The van der Waals surface area contributed by atoms with Crippen LogP contribution >= 0.6 is 0 Å². The highest BCUT2D eigenvalue weighted by Gasteiger charge is 2.36. The maximum absolute atomic E-state index is 14.4. The molecule has 0 spiro atoms. The number of hydrogen-bond donors (Lipinski definition) is 3. The molecule has 0 aliphatic heterocycles. The molecule has 268 valence electrons. The van der Waals surface area contributed by atoms with E-state index in [1.54, 1.807) is 24.4 Å². The van der Waals surface area contributed by atoms with E-state index in [0.29, 0.717) is 36.8 Å². The lowest BCUT2D eigenvalue weighted by Gasteiger charge is -2.32. The third kappa shape index (κ3) is 12.8. The van der Waals surface area contributed by atoms with E-state index < -0.39 is 62.7 Å². The molecule has 0 fully saturated rings. The minimum Gasteiger partial charge on any atom is -0.445 e. The fourth-order valence-electron chi connectivity index (χ4n) is 5.63. The lowest BCUT2D eigenvalue weighted by molar-refractivity contribution is -0.135. The number of rotatable bonds is 19. The number of aliphatic hydroxyl groups is 1. The quantitative estimate of drug-likeness (QED) is 0.160. The SMILES string of the molecule is CCCC(CCC)S(=O)(=O)C[C@@H](NC(=O)OCc1cccnc1)C(=O)N(Cc1cccc(CC)c1)C[C@@H](O)[C@@H](N)Cc1cc(F)cc(F)c1. The fraction of sp³-hybridized carbons (Fsp3) is 0.472. The van der Waals surface area contributed by atoms with Gasteiger partial charge in [0.2, 0.25) is 5.91 Å². The van der Waals surface area contributed by atoms with Crippen LogP contribution in [0.4, 0.5) is 13.6 Å². The molecule has 4 N–H and O–H groups in total. The summed E-state index contributed by atoms with van der Waals surface area (Å²) in [5.74, 6) is -3.04. The lowest BCUT2D eigenvalue weighted by atomic mass is 10.0. The molecule has 0 saturated heterocycles. The number of aryl methyl sites for hydroxylation is 1. The number of aromatic nitrogens is 1. The van der Waals surface area contributed by atoms with Crippen LogP contribution in [-0.2, 0) is 45.4 Å². The summed E-state index contributed by atoms with van der Waals surface area (Å²) in [6, 6.07) is 11.1. The Morgan fingerprint density at radius 1 is 0.959 bits per heavy atom. The number of nitrogens with zero attached hydrogens (tertiary/aromatic N) is 2. The van der Waals surface area contributed by atoms with Gasteiger partial charge in [0.25, 0.3) is 0 Å². The molecule has 1 aromatic heterocycles. The Balaban J connectivity index is 1.94. The van der Waals surface area contributed by atoms with Gasteiger partial charge in [-0.3, -0.25) is 9.78 Å². The van der Waals surface area contributed by atoms with Crippen molar-refractivity contribution in [1.29, 1.82) is 0 Å². The molecular formula is C36H48F2N4O6S. The van der Waals surface area contributed by atoms with Gasteiger partial charge in [-0.25, -0.2) is 22.0 Å². The Kier molecular flexibility index (Phi) is 15.6. The topological polar surface area (TPSA) is 152 Å². The van der Waals surface area contributed by atoms with Crippen molar-refractivity contribution >= 4 is 21.8 Å². The number of amides is 2. The number of nitrogens with two attached hydrogens (primary N) is 1. The van der Waals surface area contributed by atoms with E-state index >= 15 is 0 Å². The summed E-state index contributed by atoms with van der Waals surface area (Å²) in [7, 11) is -3.90. The zero-order valence-corrected chi connectivity index (χ0v) is 29.2. The predicted molar refractivity (Wildman–Crippen MR) is 184 cm³/mol. The van der Waals surface area contributed by atoms with Crippen molar-refractivity contribution in [3.8, 4) is 0 Å². The van der Waals surface area contributed by atoms with Gasteiger partial charge >= 0.3 is 6.09 Å². The van der Waals surface area contributed by atoms with Gasteiger partial charge < -0.3 is 25.8 Å². The van der Waals surface area contributed by atoms with E-state index in [2.05, 4.69) is 10.3 Å². The number of carbonyl (C=O) groups is 2. The normalized spacial score (nSPS) is 13.5. The number of nitrogens with one attached hydrogen (secondary N) is 1. The Hall–Kier alpha value is -3.94. The highest BCUT2D eigenvalue weighted by atomic mass is 32.2. The predicted octanol–water partition coefficient (Wildman–Crippen LogP) is 4.86. The average Bonchev–Trinajstić information content (AvgIpc) is 3.06. The largest absolute Gasteiger partial charge is 0.445 e. The van der Waals surface area contributed by atoms with Crippen LogP contribution in [0.1, 0.15) is 68.7 Å².